The van der Waals surface area contributed by atoms with Crippen LogP contribution in [0.15, 0.2) is 6.07 Å². The zero-order chi connectivity index (χ0) is 16.9. The predicted molar refractivity (Wildman–Crippen MR) is 113 cm³/mol. The zero-order valence-electron chi connectivity index (χ0n) is 15.4. The SMILES string of the molecule is Cc1cc(N2CCC(NC(=O)CC3CSCCN3)CC2)nc(C)n1.Cl.Cl. The van der Waals surface area contributed by atoms with Crippen molar-refractivity contribution in [3.05, 3.63) is 17.6 Å². The summed E-state index contributed by atoms with van der Waals surface area (Å²) in [5, 5.41) is 6.64. The van der Waals surface area contributed by atoms with Crippen LogP contribution >= 0.6 is 36.6 Å². The van der Waals surface area contributed by atoms with Gasteiger partial charge in [0.25, 0.3) is 0 Å². The summed E-state index contributed by atoms with van der Waals surface area (Å²) in [6.07, 6.45) is 2.54. The van der Waals surface area contributed by atoms with Crippen LogP contribution in [0.5, 0.6) is 0 Å². The van der Waals surface area contributed by atoms with Crippen molar-refractivity contribution in [2.45, 2.75) is 45.2 Å². The van der Waals surface area contributed by atoms with E-state index in [9.17, 15) is 4.79 Å². The molecule has 26 heavy (non-hydrogen) atoms. The van der Waals surface area contributed by atoms with Gasteiger partial charge in [-0.15, -0.1) is 24.8 Å². The second kappa shape index (κ2) is 11.2. The smallest absolute Gasteiger partial charge is 0.221 e. The lowest BCUT2D eigenvalue weighted by Crippen LogP contribution is -2.47. The zero-order valence-corrected chi connectivity index (χ0v) is 17.8. The average Bonchev–Trinajstić information content (AvgIpc) is 2.55. The second-order valence-electron chi connectivity index (χ2n) is 6.67. The molecule has 9 heteroatoms. The van der Waals surface area contributed by atoms with Crippen molar-refractivity contribution in [1.82, 2.24) is 20.6 Å². The van der Waals surface area contributed by atoms with E-state index in [0.29, 0.717) is 12.5 Å². The lowest BCUT2D eigenvalue weighted by molar-refractivity contribution is -0.122. The van der Waals surface area contributed by atoms with Crippen molar-refractivity contribution < 1.29 is 4.79 Å². The van der Waals surface area contributed by atoms with Gasteiger partial charge in [0.2, 0.25) is 5.91 Å². The van der Waals surface area contributed by atoms with Gasteiger partial charge < -0.3 is 15.5 Å². The predicted octanol–water partition coefficient (Wildman–Crippen LogP) is 2.12. The first kappa shape index (κ1) is 23.3. The quantitative estimate of drug-likeness (QED) is 0.775. The number of aromatic nitrogens is 2. The number of anilines is 1. The molecule has 0 aromatic carbocycles. The Labute approximate surface area is 172 Å². The minimum atomic E-state index is 0. The number of piperidine rings is 1. The molecule has 2 N–H and O–H groups in total. The Morgan fingerprint density at radius 1 is 1.31 bits per heavy atom. The Kier molecular flexibility index (Phi) is 10.00. The summed E-state index contributed by atoms with van der Waals surface area (Å²) >= 11 is 1.93. The van der Waals surface area contributed by atoms with E-state index < -0.39 is 0 Å². The molecule has 1 aromatic rings. The molecule has 2 aliphatic heterocycles. The van der Waals surface area contributed by atoms with Gasteiger partial charge in [0.1, 0.15) is 11.6 Å². The maximum Gasteiger partial charge on any atom is 0.221 e. The van der Waals surface area contributed by atoms with E-state index in [4.69, 9.17) is 0 Å². The van der Waals surface area contributed by atoms with Crippen LogP contribution in [-0.4, -0.2) is 59.1 Å². The van der Waals surface area contributed by atoms with Crippen LogP contribution in [0.25, 0.3) is 0 Å². The van der Waals surface area contributed by atoms with Crippen molar-refractivity contribution in [1.29, 1.82) is 0 Å². The lowest BCUT2D eigenvalue weighted by atomic mass is 10.0. The van der Waals surface area contributed by atoms with Gasteiger partial charge in [-0.1, -0.05) is 0 Å². The van der Waals surface area contributed by atoms with Crippen LogP contribution in [-0.2, 0) is 4.79 Å². The fourth-order valence-corrected chi connectivity index (χ4v) is 4.32. The van der Waals surface area contributed by atoms with Crippen LogP contribution in [0.2, 0.25) is 0 Å². The topological polar surface area (TPSA) is 70.2 Å². The molecule has 2 saturated heterocycles. The average molecular weight is 422 g/mol. The van der Waals surface area contributed by atoms with Crippen LogP contribution in [0.3, 0.4) is 0 Å². The number of amides is 1. The van der Waals surface area contributed by atoms with E-state index in [1.165, 1.54) is 0 Å². The number of nitrogens with one attached hydrogen (secondary N) is 2. The highest BCUT2D eigenvalue weighted by Crippen LogP contribution is 2.19. The van der Waals surface area contributed by atoms with E-state index in [2.05, 4.69) is 25.5 Å². The monoisotopic (exact) mass is 421 g/mol. The molecule has 2 aliphatic rings. The number of carbonyl (C=O) groups is 1. The molecule has 2 fully saturated rings. The van der Waals surface area contributed by atoms with Crippen molar-refractivity contribution in [3.63, 3.8) is 0 Å². The summed E-state index contributed by atoms with van der Waals surface area (Å²) in [5.74, 6) is 4.20. The molecule has 0 bridgehead atoms. The van der Waals surface area contributed by atoms with Gasteiger partial charge >= 0.3 is 0 Å². The highest BCUT2D eigenvalue weighted by atomic mass is 35.5. The van der Waals surface area contributed by atoms with Gasteiger partial charge in [0, 0.05) is 61.4 Å². The molecule has 1 atom stereocenters. The number of thioether (sulfide) groups is 1. The molecule has 1 amide bonds. The van der Waals surface area contributed by atoms with Crippen molar-refractivity contribution in [2.75, 3.05) is 36.0 Å². The number of aryl methyl sites for hydroxylation is 2. The summed E-state index contributed by atoms with van der Waals surface area (Å²) < 4.78 is 0. The third kappa shape index (κ3) is 6.76. The van der Waals surface area contributed by atoms with Crippen molar-refractivity contribution >= 4 is 48.3 Å². The van der Waals surface area contributed by atoms with Crippen molar-refractivity contribution in [3.8, 4) is 0 Å². The highest BCUT2D eigenvalue weighted by molar-refractivity contribution is 7.99. The van der Waals surface area contributed by atoms with Crippen molar-refractivity contribution in [2.24, 2.45) is 0 Å². The van der Waals surface area contributed by atoms with Crippen LogP contribution in [0.4, 0.5) is 5.82 Å². The van der Waals surface area contributed by atoms with E-state index in [0.717, 1.165) is 61.3 Å². The summed E-state index contributed by atoms with van der Waals surface area (Å²) in [7, 11) is 0. The standard InChI is InChI=1S/C17H27N5OS.2ClH/c1-12-9-16(20-13(2)19-12)22-6-3-14(4-7-22)21-17(23)10-15-11-24-8-5-18-15;;/h9,14-15,18H,3-8,10-11H2,1-2H3,(H,21,23);2*1H. The fourth-order valence-electron chi connectivity index (χ4n) is 3.37. The largest absolute Gasteiger partial charge is 0.356 e. The number of rotatable bonds is 4. The maximum atomic E-state index is 12.2. The summed E-state index contributed by atoms with van der Waals surface area (Å²) in [6, 6.07) is 2.66. The molecule has 1 aromatic heterocycles. The Balaban J connectivity index is 0.00000169. The summed E-state index contributed by atoms with van der Waals surface area (Å²) in [4.78, 5) is 23.4. The van der Waals surface area contributed by atoms with E-state index in [-0.39, 0.29) is 36.8 Å². The van der Waals surface area contributed by atoms with E-state index >= 15 is 0 Å². The van der Waals surface area contributed by atoms with Gasteiger partial charge in [-0.05, 0) is 26.7 Å². The molecule has 0 saturated carbocycles. The Hall–Kier alpha value is -0.760. The van der Waals surface area contributed by atoms with Gasteiger partial charge in [0.15, 0.2) is 0 Å². The molecule has 0 spiro atoms. The second-order valence-corrected chi connectivity index (χ2v) is 7.82. The third-order valence-electron chi connectivity index (χ3n) is 4.57. The summed E-state index contributed by atoms with van der Waals surface area (Å²) in [5.41, 5.74) is 1.01. The fraction of sp³-hybridized carbons (Fsp3) is 0.706. The van der Waals surface area contributed by atoms with Crippen LogP contribution < -0.4 is 15.5 Å². The first-order valence-electron chi connectivity index (χ1n) is 8.78. The number of carbonyl (C=O) groups excluding carboxylic acids is 1. The Morgan fingerprint density at radius 3 is 2.65 bits per heavy atom. The number of halogens is 2. The van der Waals surface area contributed by atoms with Crippen LogP contribution in [0, 0.1) is 13.8 Å². The number of hydrogen-bond acceptors (Lipinski definition) is 6. The van der Waals surface area contributed by atoms with E-state index in [1.807, 2.05) is 31.7 Å². The van der Waals surface area contributed by atoms with Gasteiger partial charge in [0.05, 0.1) is 0 Å². The molecule has 1 unspecified atom stereocenters. The van der Waals surface area contributed by atoms with Gasteiger partial charge in [-0.3, -0.25) is 4.79 Å². The molecule has 3 heterocycles. The molecule has 3 rings (SSSR count). The minimum absolute atomic E-state index is 0. The highest BCUT2D eigenvalue weighted by Gasteiger charge is 2.23. The summed E-state index contributed by atoms with van der Waals surface area (Å²) in [6.45, 7) is 6.80. The number of hydrogen-bond donors (Lipinski definition) is 2. The first-order valence-corrected chi connectivity index (χ1v) is 9.93. The molecule has 6 nitrogen and oxygen atoms in total. The molecule has 0 aliphatic carbocycles. The molecule has 148 valence electrons. The van der Waals surface area contributed by atoms with Gasteiger partial charge in [-0.25, -0.2) is 9.97 Å². The molecular formula is C17H29Cl2N5OS. The molecular weight excluding hydrogens is 393 g/mol. The normalized spacial score (nSPS) is 20.7. The lowest BCUT2D eigenvalue weighted by Gasteiger charge is -2.33. The first-order chi connectivity index (χ1) is 11.6. The maximum absolute atomic E-state index is 12.2. The Bertz CT molecular complexity index is 558. The van der Waals surface area contributed by atoms with E-state index in [1.54, 1.807) is 0 Å². The third-order valence-corrected chi connectivity index (χ3v) is 5.70. The Morgan fingerprint density at radius 2 is 2.04 bits per heavy atom. The van der Waals surface area contributed by atoms with Crippen LogP contribution in [0.1, 0.15) is 30.8 Å². The minimum Gasteiger partial charge on any atom is -0.356 e. The van der Waals surface area contributed by atoms with Gasteiger partial charge in [-0.2, -0.15) is 11.8 Å². The molecule has 0 radical (unpaired) electrons. The number of nitrogens with zero attached hydrogens (tertiary/aromatic N) is 3.